The van der Waals surface area contributed by atoms with Crippen LogP contribution in [0.15, 0.2) is 59.5 Å². The first-order valence-electron chi connectivity index (χ1n) is 8.37. The maximum absolute atomic E-state index is 12.6. The lowest BCUT2D eigenvalue weighted by molar-refractivity contribution is -0.120. The first-order valence-corrected chi connectivity index (χ1v) is 9.81. The average molecular weight is 369 g/mol. The van der Waals surface area contributed by atoms with Crippen molar-refractivity contribution < 1.29 is 13.2 Å². The number of amides is 1. The van der Waals surface area contributed by atoms with Gasteiger partial charge in [-0.2, -0.15) is 9.57 Å². The number of anilines is 1. The molecule has 0 unspecified atom stereocenters. The van der Waals surface area contributed by atoms with E-state index in [0.717, 1.165) is 0 Å². The molecular formula is C19H19N3O3S. The summed E-state index contributed by atoms with van der Waals surface area (Å²) in [5.41, 5.74) is 1.06. The van der Waals surface area contributed by atoms with E-state index in [1.54, 1.807) is 54.6 Å². The van der Waals surface area contributed by atoms with E-state index < -0.39 is 10.0 Å². The molecule has 1 aliphatic heterocycles. The lowest BCUT2D eigenvalue weighted by Gasteiger charge is -2.30. The zero-order valence-electron chi connectivity index (χ0n) is 14.1. The first kappa shape index (κ1) is 18.1. The fourth-order valence-corrected chi connectivity index (χ4v) is 4.50. The third kappa shape index (κ3) is 3.93. The monoisotopic (exact) mass is 369 g/mol. The summed E-state index contributed by atoms with van der Waals surface area (Å²) >= 11 is 0. The minimum absolute atomic E-state index is 0.142. The van der Waals surface area contributed by atoms with Gasteiger partial charge in [-0.15, -0.1) is 0 Å². The first-order chi connectivity index (χ1) is 12.5. The maximum atomic E-state index is 12.6. The van der Waals surface area contributed by atoms with Crippen molar-refractivity contribution in [2.75, 3.05) is 18.4 Å². The SMILES string of the molecule is N#Cc1cccc(NC(=O)C2CCN(S(=O)(=O)c3ccccc3)CC2)c1. The molecule has 0 radical (unpaired) electrons. The predicted octanol–water partition coefficient (Wildman–Crippen LogP) is 2.60. The fourth-order valence-electron chi connectivity index (χ4n) is 3.01. The van der Waals surface area contributed by atoms with Crippen LogP contribution in [0, 0.1) is 17.2 Å². The van der Waals surface area contributed by atoms with Crippen molar-refractivity contribution >= 4 is 21.6 Å². The van der Waals surface area contributed by atoms with Crippen molar-refractivity contribution in [1.29, 1.82) is 5.26 Å². The van der Waals surface area contributed by atoms with Crippen LogP contribution in [-0.4, -0.2) is 31.7 Å². The standard InChI is InChI=1S/C19H19N3O3S/c20-14-15-5-4-6-17(13-15)21-19(23)16-9-11-22(12-10-16)26(24,25)18-7-2-1-3-8-18/h1-8,13,16H,9-12H2,(H,21,23). The third-order valence-electron chi connectivity index (χ3n) is 4.46. The Hall–Kier alpha value is -2.69. The number of piperidine rings is 1. The van der Waals surface area contributed by atoms with E-state index in [1.165, 1.54) is 4.31 Å². The van der Waals surface area contributed by atoms with Crippen LogP contribution < -0.4 is 5.32 Å². The number of sulfonamides is 1. The van der Waals surface area contributed by atoms with Crippen molar-refractivity contribution in [3.63, 3.8) is 0 Å². The summed E-state index contributed by atoms with van der Waals surface area (Å²) in [4.78, 5) is 12.7. The molecule has 26 heavy (non-hydrogen) atoms. The average Bonchev–Trinajstić information content (AvgIpc) is 2.69. The number of nitrogens with one attached hydrogen (secondary N) is 1. The molecule has 1 amide bonds. The van der Waals surface area contributed by atoms with Crippen molar-refractivity contribution in [3.05, 3.63) is 60.2 Å². The third-order valence-corrected chi connectivity index (χ3v) is 6.38. The van der Waals surface area contributed by atoms with E-state index in [1.807, 2.05) is 6.07 Å². The van der Waals surface area contributed by atoms with E-state index in [9.17, 15) is 13.2 Å². The molecule has 3 rings (SSSR count). The Kier molecular flexibility index (Phi) is 5.35. The molecule has 6 nitrogen and oxygen atoms in total. The van der Waals surface area contributed by atoms with Crippen LogP contribution in [0.5, 0.6) is 0 Å². The Labute approximate surface area is 153 Å². The van der Waals surface area contributed by atoms with Crippen LogP contribution in [0.4, 0.5) is 5.69 Å². The van der Waals surface area contributed by atoms with Gasteiger partial charge in [0.05, 0.1) is 16.5 Å². The zero-order chi connectivity index (χ0) is 18.6. The van der Waals surface area contributed by atoms with Gasteiger partial charge in [0.15, 0.2) is 0 Å². The highest BCUT2D eigenvalue weighted by atomic mass is 32.2. The minimum atomic E-state index is -3.51. The second-order valence-corrected chi connectivity index (χ2v) is 8.11. The highest BCUT2D eigenvalue weighted by molar-refractivity contribution is 7.89. The summed E-state index contributed by atoms with van der Waals surface area (Å²) in [6.45, 7) is 0.626. The summed E-state index contributed by atoms with van der Waals surface area (Å²) in [5.74, 6) is -0.389. The Balaban J connectivity index is 1.61. The van der Waals surface area contributed by atoms with Gasteiger partial charge in [0.2, 0.25) is 15.9 Å². The Morgan fingerprint density at radius 3 is 2.42 bits per heavy atom. The second-order valence-electron chi connectivity index (χ2n) is 6.17. The highest BCUT2D eigenvalue weighted by Crippen LogP contribution is 2.25. The van der Waals surface area contributed by atoms with Gasteiger partial charge in [0, 0.05) is 24.7 Å². The Morgan fingerprint density at radius 2 is 1.77 bits per heavy atom. The van der Waals surface area contributed by atoms with E-state index in [0.29, 0.717) is 37.2 Å². The Morgan fingerprint density at radius 1 is 1.08 bits per heavy atom. The lowest BCUT2D eigenvalue weighted by atomic mass is 9.97. The molecule has 134 valence electrons. The van der Waals surface area contributed by atoms with Gasteiger partial charge in [0.1, 0.15) is 0 Å². The lowest BCUT2D eigenvalue weighted by Crippen LogP contribution is -2.41. The van der Waals surface area contributed by atoms with Crippen molar-refractivity contribution in [2.45, 2.75) is 17.7 Å². The summed E-state index contributed by atoms with van der Waals surface area (Å²) in [6.07, 6.45) is 0.936. The number of nitrogens with zero attached hydrogens (tertiary/aromatic N) is 2. The number of hydrogen-bond donors (Lipinski definition) is 1. The molecular weight excluding hydrogens is 350 g/mol. The fraction of sp³-hybridized carbons (Fsp3) is 0.263. The van der Waals surface area contributed by atoms with Gasteiger partial charge in [0.25, 0.3) is 0 Å². The summed E-state index contributed by atoms with van der Waals surface area (Å²) in [7, 11) is -3.51. The van der Waals surface area contributed by atoms with E-state index in [2.05, 4.69) is 5.32 Å². The molecule has 1 heterocycles. The molecule has 1 saturated heterocycles. The van der Waals surface area contributed by atoms with E-state index in [4.69, 9.17) is 5.26 Å². The molecule has 0 aliphatic carbocycles. The summed E-state index contributed by atoms with van der Waals surface area (Å²) < 4.78 is 26.7. The number of nitriles is 1. The molecule has 0 atom stereocenters. The van der Waals surface area contributed by atoms with Crippen LogP contribution in [0.3, 0.4) is 0 Å². The van der Waals surface area contributed by atoms with Crippen molar-refractivity contribution in [1.82, 2.24) is 4.31 Å². The normalized spacial score (nSPS) is 16.0. The second kappa shape index (κ2) is 7.68. The molecule has 1 aliphatic rings. The number of rotatable bonds is 4. The van der Waals surface area contributed by atoms with Crippen molar-refractivity contribution in [2.24, 2.45) is 5.92 Å². The number of benzene rings is 2. The van der Waals surface area contributed by atoms with Gasteiger partial charge in [-0.3, -0.25) is 4.79 Å². The van der Waals surface area contributed by atoms with Crippen LogP contribution in [0.1, 0.15) is 18.4 Å². The Bertz CT molecular complexity index is 928. The van der Waals surface area contributed by atoms with Crippen LogP contribution >= 0.6 is 0 Å². The molecule has 0 aromatic heterocycles. The minimum Gasteiger partial charge on any atom is -0.326 e. The maximum Gasteiger partial charge on any atom is 0.243 e. The quantitative estimate of drug-likeness (QED) is 0.897. The topological polar surface area (TPSA) is 90.3 Å². The van der Waals surface area contributed by atoms with Crippen LogP contribution in [0.2, 0.25) is 0 Å². The molecule has 2 aromatic carbocycles. The highest BCUT2D eigenvalue weighted by Gasteiger charge is 2.32. The van der Waals surface area contributed by atoms with E-state index >= 15 is 0 Å². The van der Waals surface area contributed by atoms with Gasteiger partial charge in [-0.05, 0) is 43.2 Å². The molecule has 1 N–H and O–H groups in total. The summed E-state index contributed by atoms with van der Waals surface area (Å²) in [6, 6.07) is 17.1. The summed E-state index contributed by atoms with van der Waals surface area (Å²) in [5, 5.41) is 11.7. The smallest absolute Gasteiger partial charge is 0.243 e. The largest absolute Gasteiger partial charge is 0.326 e. The molecule has 0 bridgehead atoms. The van der Waals surface area contributed by atoms with E-state index in [-0.39, 0.29) is 16.7 Å². The molecule has 2 aromatic rings. The zero-order valence-corrected chi connectivity index (χ0v) is 14.9. The molecule has 1 fully saturated rings. The number of carbonyl (C=O) groups is 1. The van der Waals surface area contributed by atoms with Gasteiger partial charge in [-0.1, -0.05) is 24.3 Å². The molecule has 0 spiro atoms. The van der Waals surface area contributed by atoms with Gasteiger partial charge in [-0.25, -0.2) is 8.42 Å². The predicted molar refractivity (Wildman–Crippen MR) is 97.7 cm³/mol. The molecule has 7 heteroatoms. The van der Waals surface area contributed by atoms with Crippen LogP contribution in [-0.2, 0) is 14.8 Å². The van der Waals surface area contributed by atoms with Crippen LogP contribution in [0.25, 0.3) is 0 Å². The number of hydrogen-bond acceptors (Lipinski definition) is 4. The molecule has 0 saturated carbocycles. The van der Waals surface area contributed by atoms with Crippen molar-refractivity contribution in [3.8, 4) is 6.07 Å². The van der Waals surface area contributed by atoms with Gasteiger partial charge < -0.3 is 5.32 Å². The number of carbonyl (C=O) groups excluding carboxylic acids is 1. The van der Waals surface area contributed by atoms with Gasteiger partial charge >= 0.3 is 0 Å².